The van der Waals surface area contributed by atoms with Gasteiger partial charge in [-0.25, -0.2) is 5.84 Å². The lowest BCUT2D eigenvalue weighted by atomic mass is 9.98. The number of rotatable bonds is 77. The molecule has 42 heteroatoms. The number of nitrogens with two attached hydrogens (primary N) is 8. The molecule has 0 unspecified atom stereocenters. The SMILES string of the molecule is CC(C)C[C@H](NC(=O)[C@H](C)NC(=O)[C@H](CC(C)C)NC(=O)[C@H](CC(C)C)NC(=O)[C@H](CCCCN)NC(=O)[C@H](CCCCN)NC(=O)[C@@H](N)CC(C)C)C(=O)N[C@@H](CC(C)C)C(=O)N[C@@H](CCCCN)C(=O)N[C@@H](CCCCN)C(=O)N[C@@H](CC(C)C)C(=O)N[C@@H](CC(C)C)C(=O)N[C@@H](CCCCN)C(=O)N[C@@H](CC(C)C)C(=O)N[C@@H](CCCCN)C(=O)NCC(=O)NCCCCCC(=O)NN. The van der Waals surface area contributed by atoms with Crippen molar-refractivity contribution in [3.63, 3.8) is 0 Å². The van der Waals surface area contributed by atoms with Gasteiger partial charge in [-0.1, -0.05) is 117 Å². The van der Waals surface area contributed by atoms with E-state index in [0.717, 1.165) is 0 Å². The van der Waals surface area contributed by atoms with E-state index in [2.05, 4.69) is 90.5 Å². The van der Waals surface area contributed by atoms with Gasteiger partial charge in [-0.15, -0.1) is 0 Å². The molecule has 42 nitrogen and oxygen atoms in total. The largest absolute Gasteiger partial charge is 0.355 e. The first-order valence-electron chi connectivity index (χ1n) is 50.4. The summed E-state index contributed by atoms with van der Waals surface area (Å²) < 4.78 is 0. The number of hydrogen-bond donors (Lipinski definition) is 25. The van der Waals surface area contributed by atoms with Gasteiger partial charge in [-0.05, 0) is 273 Å². The molecule has 0 heterocycles. The van der Waals surface area contributed by atoms with Crippen molar-refractivity contribution in [2.45, 2.75) is 401 Å². The normalized spacial score (nSPS) is 14.8. The van der Waals surface area contributed by atoms with Crippen molar-refractivity contribution in [3.8, 4) is 0 Å². The van der Waals surface area contributed by atoms with E-state index >= 15 is 0 Å². The average molecular weight is 1950 g/mol. The zero-order chi connectivity index (χ0) is 104. The topological polar surface area (TPSA) is 703 Å². The molecule has 0 aliphatic heterocycles. The van der Waals surface area contributed by atoms with Crippen LogP contribution in [0.3, 0.4) is 0 Å². The van der Waals surface area contributed by atoms with Crippen molar-refractivity contribution in [1.82, 2.24) is 90.5 Å². The lowest BCUT2D eigenvalue weighted by molar-refractivity contribution is -0.137. The Labute approximate surface area is 815 Å². The van der Waals surface area contributed by atoms with Gasteiger partial charge in [0.2, 0.25) is 100 Å². The Morgan fingerprint density at radius 1 is 0.204 bits per heavy atom. The Hall–Kier alpha value is -9.33. The minimum Gasteiger partial charge on any atom is -0.355 e. The van der Waals surface area contributed by atoms with E-state index in [0.29, 0.717) is 129 Å². The molecule has 0 fully saturated rings. The molecule has 33 N–H and O–H groups in total. The molecule has 0 saturated heterocycles. The summed E-state index contributed by atoms with van der Waals surface area (Å²) in [7, 11) is 0. The van der Waals surface area contributed by atoms with Crippen LogP contribution in [0.25, 0.3) is 0 Å². The first-order valence-corrected chi connectivity index (χ1v) is 50.4. The lowest BCUT2D eigenvalue weighted by Gasteiger charge is -2.30. The molecule has 0 aliphatic rings. The molecule has 0 aromatic rings. The zero-order valence-corrected chi connectivity index (χ0v) is 85.7. The maximum Gasteiger partial charge on any atom is 0.243 e. The van der Waals surface area contributed by atoms with E-state index < -0.39 is 192 Å². The lowest BCUT2D eigenvalue weighted by Crippen LogP contribution is -2.61. The van der Waals surface area contributed by atoms with Crippen LogP contribution in [0.5, 0.6) is 0 Å². The van der Waals surface area contributed by atoms with Crippen LogP contribution in [0, 0.1) is 47.3 Å². The predicted molar refractivity (Wildman–Crippen MR) is 531 cm³/mol. The van der Waals surface area contributed by atoms with Crippen LogP contribution in [-0.2, 0) is 81.5 Å². The van der Waals surface area contributed by atoms with Crippen molar-refractivity contribution in [1.29, 1.82) is 0 Å². The van der Waals surface area contributed by atoms with E-state index in [1.165, 1.54) is 6.92 Å². The molecule has 0 bridgehead atoms. The van der Waals surface area contributed by atoms with Crippen LogP contribution < -0.4 is 136 Å². The molecule has 17 amide bonds. The quantitative estimate of drug-likeness (QED) is 0.0165. The van der Waals surface area contributed by atoms with Crippen molar-refractivity contribution < 1.29 is 81.5 Å². The van der Waals surface area contributed by atoms with E-state index in [1.54, 1.807) is 0 Å². The number of nitrogens with one attached hydrogen (secondary N) is 17. The van der Waals surface area contributed by atoms with Gasteiger partial charge < -0.3 is 125 Å². The Bertz CT molecular complexity index is 3610. The maximum atomic E-state index is 14.9. The minimum absolute atomic E-state index is 0.0144. The molecule has 0 spiro atoms. The van der Waals surface area contributed by atoms with Gasteiger partial charge in [0.1, 0.15) is 84.6 Å². The highest BCUT2D eigenvalue weighted by molar-refractivity contribution is 6.01. The fourth-order valence-electron chi connectivity index (χ4n) is 15.3. The Balaban J connectivity index is 7.20. The third-order valence-corrected chi connectivity index (χ3v) is 22.7. The number of unbranched alkanes of at least 4 members (excludes halogenated alkanes) is 8. The van der Waals surface area contributed by atoms with Crippen LogP contribution >= 0.6 is 0 Å². The third kappa shape index (κ3) is 57.7. The summed E-state index contributed by atoms with van der Waals surface area (Å²) in [5, 5.41) is 44.5. The molecule has 15 atom stereocenters. The first-order chi connectivity index (χ1) is 64.6. The molecule has 0 radical (unpaired) electrons. The molecule has 137 heavy (non-hydrogen) atoms. The highest BCUT2D eigenvalue weighted by atomic mass is 16.2. The highest BCUT2D eigenvalue weighted by Gasteiger charge is 2.40. The third-order valence-electron chi connectivity index (χ3n) is 22.7. The smallest absolute Gasteiger partial charge is 0.243 e. The summed E-state index contributed by atoms with van der Waals surface area (Å²) >= 11 is 0. The van der Waals surface area contributed by atoms with E-state index in [-0.39, 0.29) is 163 Å². The van der Waals surface area contributed by atoms with E-state index in [9.17, 15) is 81.5 Å². The predicted octanol–water partition coefficient (Wildman–Crippen LogP) is 0.0463. The molecule has 0 aromatic carbocycles. The van der Waals surface area contributed by atoms with Crippen LogP contribution in [0.15, 0.2) is 0 Å². The second-order valence-electron chi connectivity index (χ2n) is 39.8. The molecule has 0 aromatic heterocycles. The second kappa shape index (κ2) is 72.9. The highest BCUT2D eigenvalue weighted by Crippen LogP contribution is 2.19. The van der Waals surface area contributed by atoms with Crippen LogP contribution in [-0.4, -0.2) is 243 Å². The molecule has 0 saturated carbocycles. The van der Waals surface area contributed by atoms with Gasteiger partial charge >= 0.3 is 0 Å². The molecular formula is C95H183N25O17. The molecule has 0 aliphatic carbocycles. The van der Waals surface area contributed by atoms with Gasteiger partial charge in [-0.3, -0.25) is 86.9 Å². The van der Waals surface area contributed by atoms with Gasteiger partial charge in [-0.2, -0.15) is 0 Å². The van der Waals surface area contributed by atoms with Crippen LogP contribution in [0.4, 0.5) is 0 Å². The fourth-order valence-corrected chi connectivity index (χ4v) is 15.3. The zero-order valence-electron chi connectivity index (χ0n) is 85.7. The second-order valence-corrected chi connectivity index (χ2v) is 39.8. The number of carbonyl (C=O) groups excluding carboxylic acids is 17. The minimum atomic E-state index is -1.33. The van der Waals surface area contributed by atoms with Crippen LogP contribution in [0.2, 0.25) is 0 Å². The molecule has 0 rings (SSSR count). The van der Waals surface area contributed by atoms with Crippen molar-refractivity contribution in [2.24, 2.45) is 93.3 Å². The Kier molecular flexibility index (Phi) is 67.9. The van der Waals surface area contributed by atoms with Gasteiger partial charge in [0, 0.05) is 13.0 Å². The van der Waals surface area contributed by atoms with Gasteiger partial charge in [0.25, 0.3) is 0 Å². The van der Waals surface area contributed by atoms with Crippen molar-refractivity contribution in [3.05, 3.63) is 0 Å². The number of amides is 17. The monoisotopic (exact) mass is 1950 g/mol. The van der Waals surface area contributed by atoms with Crippen molar-refractivity contribution in [2.75, 3.05) is 52.4 Å². The Morgan fingerprint density at radius 3 is 0.635 bits per heavy atom. The summed E-state index contributed by atoms with van der Waals surface area (Å²) in [6.07, 6.45) is 8.62. The first kappa shape index (κ1) is 128. The summed E-state index contributed by atoms with van der Waals surface area (Å²) in [6, 6.07) is -18.5. The number of hydrogen-bond acceptors (Lipinski definition) is 25. The summed E-state index contributed by atoms with van der Waals surface area (Å²) in [4.78, 5) is 241. The van der Waals surface area contributed by atoms with E-state index in [4.69, 9.17) is 46.0 Å². The summed E-state index contributed by atoms with van der Waals surface area (Å²) in [5.74, 6) is -7.90. The van der Waals surface area contributed by atoms with Crippen LogP contribution in [0.1, 0.15) is 310 Å². The fraction of sp³-hybridized carbons (Fsp3) is 0.821. The molecular weight excluding hydrogens is 1760 g/mol. The number of hydrazine groups is 1. The summed E-state index contributed by atoms with van der Waals surface area (Å²) in [6.45, 7) is 32.3. The number of carbonyl (C=O) groups is 17. The summed E-state index contributed by atoms with van der Waals surface area (Å²) in [5.41, 5.74) is 43.5. The molecule has 790 valence electrons. The van der Waals surface area contributed by atoms with Crippen molar-refractivity contribution >= 4 is 100 Å². The van der Waals surface area contributed by atoms with Gasteiger partial charge in [0.05, 0.1) is 12.6 Å². The van der Waals surface area contributed by atoms with E-state index in [1.807, 2.05) is 111 Å². The van der Waals surface area contributed by atoms with Gasteiger partial charge in [0.15, 0.2) is 0 Å². The maximum absolute atomic E-state index is 14.9. The average Bonchev–Trinajstić information content (AvgIpc) is 0.855. The Morgan fingerprint density at radius 2 is 0.409 bits per heavy atom. The standard InChI is InChI=1S/C95H183N25O17/c1-56(2)47-65(102)82(124)107-67(34-21-27-41-97)84(126)109-69(36-23-29-43-99)86(128)115-77(53-62(13)14)94(136)117-72(48-57(3)4)89(131)106-64(17)81(123)113-73(49-58(5)6)93(135)118-75(51-60(9)10)91(133)111-68(35-22-28-42-98)85(127)110-70(37-24-30-44-100)87(129)116-78(54-63(15)16)95(137)119-76(52-61(11)12)92(134)112-71(38-25-31-45-101)88(130)114-74(50-59(7)8)90(132)108-66(33-20-26-40-96)83(125)105-55-80(122)104-46-32-18-19-39-79(121)120-103/h56-78H,18-55,96-103H2,1-17H3,(H,104,122)(H,105,125)(H,106,131)(H,107,124)(H,108,132)(H,109,126)(H,110,127)(H,111,133)(H,112,134)(H,113,123)(H,114,130)(H,115,128)(H,116,129)(H,117,136)(H,118,135)(H,119,137)(H,120,121)/t64-,65-,66-,67-,68-,69-,70-,71-,72-,73-,74-,75-,76-,77-,78-/m0/s1.